The SMILES string of the molecule is CCOc1cc(C=NNc2ccc(Br)cc2)c(Br)cc1OCC#N. The van der Waals surface area contributed by atoms with Gasteiger partial charge in [-0.25, -0.2) is 0 Å². The molecule has 0 amide bonds. The second-order valence-electron chi connectivity index (χ2n) is 4.58. The number of hydrazone groups is 1. The molecule has 0 aliphatic heterocycles. The quantitative estimate of drug-likeness (QED) is 0.476. The fourth-order valence-corrected chi connectivity index (χ4v) is 2.53. The minimum absolute atomic E-state index is 0.0366. The number of halogens is 2. The van der Waals surface area contributed by atoms with Crippen LogP contribution in [-0.4, -0.2) is 19.4 Å². The molecule has 0 radical (unpaired) electrons. The van der Waals surface area contributed by atoms with E-state index in [4.69, 9.17) is 14.7 Å². The van der Waals surface area contributed by atoms with E-state index in [1.807, 2.05) is 43.3 Å². The maximum absolute atomic E-state index is 8.65. The van der Waals surface area contributed by atoms with Gasteiger partial charge in [-0.05, 0) is 59.3 Å². The van der Waals surface area contributed by atoms with Gasteiger partial charge < -0.3 is 9.47 Å². The Kier molecular flexibility index (Phi) is 7.09. The second-order valence-corrected chi connectivity index (χ2v) is 6.35. The Morgan fingerprint density at radius 2 is 1.88 bits per heavy atom. The van der Waals surface area contributed by atoms with Gasteiger partial charge in [-0.1, -0.05) is 15.9 Å². The monoisotopic (exact) mass is 451 g/mol. The molecular weight excluding hydrogens is 438 g/mol. The van der Waals surface area contributed by atoms with Crippen molar-refractivity contribution in [3.05, 3.63) is 50.9 Å². The normalized spacial score (nSPS) is 10.4. The van der Waals surface area contributed by atoms with Crippen molar-refractivity contribution in [2.24, 2.45) is 5.10 Å². The van der Waals surface area contributed by atoms with Crippen LogP contribution in [0.5, 0.6) is 11.5 Å². The highest BCUT2D eigenvalue weighted by molar-refractivity contribution is 9.10. The van der Waals surface area contributed by atoms with Crippen LogP contribution in [0.15, 0.2) is 50.4 Å². The first-order valence-corrected chi connectivity index (χ1v) is 8.73. The van der Waals surface area contributed by atoms with Crippen LogP contribution in [-0.2, 0) is 0 Å². The third kappa shape index (κ3) is 5.25. The molecule has 0 saturated carbocycles. The van der Waals surface area contributed by atoms with Crippen LogP contribution in [0, 0.1) is 11.3 Å². The van der Waals surface area contributed by atoms with E-state index >= 15 is 0 Å². The minimum atomic E-state index is -0.0366. The molecule has 0 heterocycles. The van der Waals surface area contributed by atoms with Gasteiger partial charge >= 0.3 is 0 Å². The minimum Gasteiger partial charge on any atom is -0.490 e. The first-order valence-electron chi connectivity index (χ1n) is 7.14. The molecule has 1 N–H and O–H groups in total. The van der Waals surface area contributed by atoms with Gasteiger partial charge in [-0.2, -0.15) is 10.4 Å². The maximum Gasteiger partial charge on any atom is 0.174 e. The van der Waals surface area contributed by atoms with Crippen LogP contribution in [0.1, 0.15) is 12.5 Å². The van der Waals surface area contributed by atoms with Gasteiger partial charge in [0.05, 0.1) is 18.5 Å². The number of anilines is 1. The molecule has 0 bridgehead atoms. The third-order valence-electron chi connectivity index (χ3n) is 2.90. The fraction of sp³-hybridized carbons (Fsp3) is 0.176. The van der Waals surface area contributed by atoms with Crippen LogP contribution < -0.4 is 14.9 Å². The summed E-state index contributed by atoms with van der Waals surface area (Å²) in [5.74, 6) is 1.09. The Labute approximate surface area is 157 Å². The summed E-state index contributed by atoms with van der Waals surface area (Å²) in [5, 5.41) is 12.9. The lowest BCUT2D eigenvalue weighted by Crippen LogP contribution is -2.01. The van der Waals surface area contributed by atoms with E-state index in [0.717, 1.165) is 20.2 Å². The van der Waals surface area contributed by atoms with Crippen molar-refractivity contribution in [2.45, 2.75) is 6.92 Å². The molecule has 2 rings (SSSR count). The molecular formula is C17H15Br2N3O2. The lowest BCUT2D eigenvalue weighted by Gasteiger charge is -2.12. The van der Waals surface area contributed by atoms with Gasteiger partial charge in [0.25, 0.3) is 0 Å². The smallest absolute Gasteiger partial charge is 0.174 e. The summed E-state index contributed by atoms with van der Waals surface area (Å²) < 4.78 is 12.7. The lowest BCUT2D eigenvalue weighted by molar-refractivity contribution is 0.298. The van der Waals surface area contributed by atoms with Crippen molar-refractivity contribution < 1.29 is 9.47 Å². The first kappa shape index (κ1) is 18.3. The van der Waals surface area contributed by atoms with Gasteiger partial charge in [-0.15, -0.1) is 0 Å². The van der Waals surface area contributed by atoms with Crippen molar-refractivity contribution in [3.63, 3.8) is 0 Å². The molecule has 0 fully saturated rings. The van der Waals surface area contributed by atoms with E-state index in [-0.39, 0.29) is 6.61 Å². The van der Waals surface area contributed by atoms with Crippen molar-refractivity contribution in [1.82, 2.24) is 0 Å². The molecule has 0 aliphatic rings. The van der Waals surface area contributed by atoms with Crippen LogP contribution in [0.25, 0.3) is 0 Å². The summed E-state index contributed by atoms with van der Waals surface area (Å²) in [5.41, 5.74) is 4.67. The average Bonchev–Trinajstić information content (AvgIpc) is 2.58. The van der Waals surface area contributed by atoms with Crippen molar-refractivity contribution in [2.75, 3.05) is 18.6 Å². The first-order chi connectivity index (χ1) is 11.6. The molecule has 7 heteroatoms. The van der Waals surface area contributed by atoms with Gasteiger partial charge in [-0.3, -0.25) is 5.43 Å². The fourth-order valence-electron chi connectivity index (χ4n) is 1.84. The zero-order chi connectivity index (χ0) is 17.4. The zero-order valence-electron chi connectivity index (χ0n) is 12.9. The van der Waals surface area contributed by atoms with Gasteiger partial charge in [0.2, 0.25) is 0 Å². The molecule has 0 aromatic heterocycles. The number of hydrogen-bond donors (Lipinski definition) is 1. The molecule has 0 saturated heterocycles. The third-order valence-corrected chi connectivity index (χ3v) is 4.11. The highest BCUT2D eigenvalue weighted by Crippen LogP contribution is 2.33. The number of hydrogen-bond acceptors (Lipinski definition) is 5. The largest absolute Gasteiger partial charge is 0.490 e. The van der Waals surface area contributed by atoms with E-state index < -0.39 is 0 Å². The molecule has 2 aromatic carbocycles. The summed E-state index contributed by atoms with van der Waals surface area (Å²) >= 11 is 6.87. The molecule has 124 valence electrons. The number of ether oxygens (including phenoxy) is 2. The molecule has 0 aliphatic carbocycles. The van der Waals surface area contributed by atoms with Crippen LogP contribution in [0.3, 0.4) is 0 Å². The molecule has 0 unspecified atom stereocenters. The number of nitriles is 1. The van der Waals surface area contributed by atoms with Gasteiger partial charge in [0.1, 0.15) is 6.07 Å². The number of nitrogens with one attached hydrogen (secondary N) is 1. The second kappa shape index (κ2) is 9.30. The number of benzene rings is 2. The summed E-state index contributed by atoms with van der Waals surface area (Å²) in [4.78, 5) is 0. The van der Waals surface area contributed by atoms with Gasteiger partial charge in [0.15, 0.2) is 18.1 Å². The summed E-state index contributed by atoms with van der Waals surface area (Å²) in [6.07, 6.45) is 1.68. The van der Waals surface area contributed by atoms with Gasteiger partial charge in [0, 0.05) is 14.5 Å². The van der Waals surface area contributed by atoms with Crippen molar-refractivity contribution >= 4 is 43.8 Å². The lowest BCUT2D eigenvalue weighted by atomic mass is 10.2. The van der Waals surface area contributed by atoms with E-state index in [1.165, 1.54) is 0 Å². The summed E-state index contributed by atoms with van der Waals surface area (Å²) in [6, 6.07) is 13.2. The van der Waals surface area contributed by atoms with E-state index in [2.05, 4.69) is 42.4 Å². The Balaban J connectivity index is 2.16. The Morgan fingerprint density at radius 1 is 1.17 bits per heavy atom. The summed E-state index contributed by atoms with van der Waals surface area (Å²) in [7, 11) is 0. The highest BCUT2D eigenvalue weighted by Gasteiger charge is 2.10. The predicted molar refractivity (Wildman–Crippen MR) is 102 cm³/mol. The maximum atomic E-state index is 8.65. The van der Waals surface area contributed by atoms with Crippen LogP contribution in [0.2, 0.25) is 0 Å². The molecule has 5 nitrogen and oxygen atoms in total. The standard InChI is InChI=1S/C17H15Br2N3O2/c1-2-23-16-9-12(15(19)10-17(16)24-8-7-20)11-21-22-14-5-3-13(18)4-6-14/h3-6,9-11,22H,2,8H2,1H3. The van der Waals surface area contributed by atoms with Crippen LogP contribution in [0.4, 0.5) is 5.69 Å². The molecule has 2 aromatic rings. The van der Waals surface area contributed by atoms with E-state index in [1.54, 1.807) is 12.3 Å². The van der Waals surface area contributed by atoms with E-state index in [9.17, 15) is 0 Å². The Hall–Kier alpha value is -2.04. The average molecular weight is 453 g/mol. The van der Waals surface area contributed by atoms with Crippen molar-refractivity contribution in [3.8, 4) is 17.6 Å². The Morgan fingerprint density at radius 3 is 2.54 bits per heavy atom. The highest BCUT2D eigenvalue weighted by atomic mass is 79.9. The van der Waals surface area contributed by atoms with Crippen molar-refractivity contribution in [1.29, 1.82) is 5.26 Å². The predicted octanol–water partition coefficient (Wildman–Crippen LogP) is 4.96. The van der Waals surface area contributed by atoms with E-state index in [0.29, 0.717) is 18.1 Å². The molecule has 0 spiro atoms. The Bertz CT molecular complexity index is 756. The molecule has 0 atom stereocenters. The number of nitrogens with zero attached hydrogens (tertiary/aromatic N) is 2. The molecule has 24 heavy (non-hydrogen) atoms. The van der Waals surface area contributed by atoms with Crippen LogP contribution >= 0.6 is 31.9 Å². The zero-order valence-corrected chi connectivity index (χ0v) is 16.1. The number of rotatable bonds is 7. The topological polar surface area (TPSA) is 66.6 Å². The summed E-state index contributed by atoms with van der Waals surface area (Å²) in [6.45, 7) is 2.35.